The maximum absolute atomic E-state index is 11.4. The van der Waals surface area contributed by atoms with E-state index in [9.17, 15) is 9.59 Å². The normalized spacial score (nSPS) is 10.7. The Balaban J connectivity index is 2.12. The molecule has 9 heteroatoms. The van der Waals surface area contributed by atoms with E-state index in [2.05, 4.69) is 20.2 Å². The molecule has 0 aliphatic heterocycles. The van der Waals surface area contributed by atoms with Gasteiger partial charge in [0, 0.05) is 12.1 Å². The first-order chi connectivity index (χ1) is 10.2. The smallest absolute Gasteiger partial charge is 0.434 e. The topological polar surface area (TPSA) is 114 Å². The summed E-state index contributed by atoms with van der Waals surface area (Å²) in [4.78, 5) is 30.3. The molecule has 3 aromatic heterocycles. The van der Waals surface area contributed by atoms with Gasteiger partial charge in [0.1, 0.15) is 10.6 Å². The van der Waals surface area contributed by atoms with Gasteiger partial charge in [0.15, 0.2) is 0 Å². The van der Waals surface area contributed by atoms with Crippen molar-refractivity contribution in [2.45, 2.75) is 6.92 Å². The molecule has 0 unspecified atom stereocenters. The van der Waals surface area contributed by atoms with Gasteiger partial charge in [-0.3, -0.25) is 4.79 Å². The predicted octanol–water partition coefficient (Wildman–Crippen LogP) is 1.24. The second-order valence-corrected chi connectivity index (χ2v) is 5.00. The quantitative estimate of drug-likeness (QED) is 0.749. The Labute approximate surface area is 121 Å². The van der Waals surface area contributed by atoms with Crippen molar-refractivity contribution in [2.24, 2.45) is 0 Å². The third kappa shape index (κ3) is 2.63. The maximum Gasteiger partial charge on any atom is 0.434 e. The van der Waals surface area contributed by atoms with E-state index < -0.39 is 5.76 Å². The number of hydrogen-bond donors (Lipinski definition) is 2. The highest BCUT2D eigenvalue weighted by Gasteiger charge is 2.18. The molecule has 0 spiro atoms. The Morgan fingerprint density at radius 1 is 1.38 bits per heavy atom. The molecular formula is C12H10N4O4S. The van der Waals surface area contributed by atoms with Crippen molar-refractivity contribution in [1.29, 1.82) is 0 Å². The van der Waals surface area contributed by atoms with Crippen molar-refractivity contribution in [3.8, 4) is 27.1 Å². The minimum atomic E-state index is -0.642. The lowest BCUT2D eigenvalue weighted by molar-refractivity contribution is 0.342. The summed E-state index contributed by atoms with van der Waals surface area (Å²) in [5.41, 5.74) is 0.257. The zero-order valence-corrected chi connectivity index (χ0v) is 11.7. The number of thiophene rings is 1. The molecule has 0 fully saturated rings. The van der Waals surface area contributed by atoms with Crippen molar-refractivity contribution >= 4 is 11.3 Å². The molecule has 3 rings (SSSR count). The monoisotopic (exact) mass is 306 g/mol. The van der Waals surface area contributed by atoms with Crippen LogP contribution in [0, 0.1) is 0 Å². The van der Waals surface area contributed by atoms with Gasteiger partial charge in [-0.2, -0.15) is 0 Å². The van der Waals surface area contributed by atoms with Crippen LogP contribution in [0.25, 0.3) is 21.3 Å². The molecule has 108 valence electrons. The van der Waals surface area contributed by atoms with Crippen LogP contribution in [0.15, 0.2) is 32.5 Å². The van der Waals surface area contributed by atoms with E-state index in [1.165, 1.54) is 23.7 Å². The summed E-state index contributed by atoms with van der Waals surface area (Å²) in [5.74, 6) is 0.0241. The molecule has 0 aliphatic rings. The average Bonchev–Trinajstić information content (AvgIpc) is 3.06. The first-order valence-corrected chi connectivity index (χ1v) is 6.86. The highest BCUT2D eigenvalue weighted by molar-refractivity contribution is 7.19. The molecule has 0 bridgehead atoms. The Bertz CT molecular complexity index is 876. The van der Waals surface area contributed by atoms with Crippen LogP contribution in [0.3, 0.4) is 0 Å². The van der Waals surface area contributed by atoms with E-state index >= 15 is 0 Å². The van der Waals surface area contributed by atoms with Gasteiger partial charge in [-0.25, -0.2) is 14.9 Å². The summed E-state index contributed by atoms with van der Waals surface area (Å²) in [5, 5.41) is 5.99. The van der Waals surface area contributed by atoms with Crippen LogP contribution in [-0.2, 0) is 0 Å². The molecule has 0 saturated carbocycles. The van der Waals surface area contributed by atoms with Crippen LogP contribution in [-0.4, -0.2) is 26.8 Å². The summed E-state index contributed by atoms with van der Waals surface area (Å²) in [6, 6.07) is 3.12. The minimum absolute atomic E-state index is 0.143. The maximum atomic E-state index is 11.4. The van der Waals surface area contributed by atoms with Crippen molar-refractivity contribution in [1.82, 2.24) is 20.2 Å². The van der Waals surface area contributed by atoms with Crippen LogP contribution in [0.2, 0.25) is 0 Å². The number of hydrogen-bond acceptors (Lipinski definition) is 7. The summed E-state index contributed by atoms with van der Waals surface area (Å²) in [6.45, 7) is 2.29. The van der Waals surface area contributed by atoms with Crippen LogP contribution in [0.4, 0.5) is 0 Å². The fraction of sp³-hybridized carbons (Fsp3) is 0.167. The third-order valence-corrected chi connectivity index (χ3v) is 3.69. The summed E-state index contributed by atoms with van der Waals surface area (Å²) >= 11 is 1.27. The number of H-pyrrole nitrogens is 2. The van der Waals surface area contributed by atoms with Crippen molar-refractivity contribution in [2.75, 3.05) is 6.61 Å². The summed E-state index contributed by atoms with van der Waals surface area (Å²) in [6.07, 6.45) is 1.33. The molecule has 0 amide bonds. The van der Waals surface area contributed by atoms with Crippen molar-refractivity contribution < 1.29 is 9.15 Å². The lowest BCUT2D eigenvalue weighted by atomic mass is 10.3. The first-order valence-electron chi connectivity index (χ1n) is 6.05. The van der Waals surface area contributed by atoms with Gasteiger partial charge in [-0.1, -0.05) is 0 Å². The molecule has 0 atom stereocenters. The second kappa shape index (κ2) is 5.37. The zero-order valence-electron chi connectivity index (χ0n) is 10.9. The molecule has 8 nitrogen and oxygen atoms in total. The number of aromatic amines is 2. The molecular weight excluding hydrogens is 296 g/mol. The highest BCUT2D eigenvalue weighted by atomic mass is 32.1. The SMILES string of the molecule is CCOc1cc(-c2cc(=O)[nH]cn2)sc1-c1n[nH]c(=O)o1. The van der Waals surface area contributed by atoms with E-state index in [4.69, 9.17) is 9.15 Å². The van der Waals surface area contributed by atoms with E-state index in [0.717, 1.165) is 0 Å². The van der Waals surface area contributed by atoms with Gasteiger partial charge in [0.05, 0.1) is 23.5 Å². The highest BCUT2D eigenvalue weighted by Crippen LogP contribution is 2.41. The fourth-order valence-corrected chi connectivity index (χ4v) is 2.74. The Kier molecular flexibility index (Phi) is 3.40. The van der Waals surface area contributed by atoms with E-state index in [1.54, 1.807) is 6.07 Å². The number of nitrogens with zero attached hydrogens (tertiary/aromatic N) is 2. The molecule has 3 aromatic rings. The molecule has 0 saturated heterocycles. The number of aromatic nitrogens is 4. The van der Waals surface area contributed by atoms with Gasteiger partial charge in [0.2, 0.25) is 0 Å². The van der Waals surface area contributed by atoms with Crippen LogP contribution in [0.1, 0.15) is 6.92 Å². The van der Waals surface area contributed by atoms with Gasteiger partial charge in [0.25, 0.3) is 11.4 Å². The third-order valence-electron chi connectivity index (χ3n) is 2.56. The van der Waals surface area contributed by atoms with Gasteiger partial charge < -0.3 is 14.1 Å². The predicted molar refractivity (Wildman–Crippen MR) is 75.5 cm³/mol. The van der Waals surface area contributed by atoms with Crippen LogP contribution < -0.4 is 16.1 Å². The zero-order chi connectivity index (χ0) is 14.8. The van der Waals surface area contributed by atoms with E-state index in [0.29, 0.717) is 27.8 Å². The van der Waals surface area contributed by atoms with Crippen molar-refractivity contribution in [3.63, 3.8) is 0 Å². The van der Waals surface area contributed by atoms with Crippen molar-refractivity contribution in [3.05, 3.63) is 39.4 Å². The number of ether oxygens (including phenoxy) is 1. The number of rotatable bonds is 4. The lowest BCUT2D eigenvalue weighted by Crippen LogP contribution is -2.03. The average molecular weight is 306 g/mol. The Morgan fingerprint density at radius 2 is 2.24 bits per heavy atom. The largest absolute Gasteiger partial charge is 0.492 e. The Morgan fingerprint density at radius 3 is 2.90 bits per heavy atom. The van der Waals surface area contributed by atoms with E-state index in [1.807, 2.05) is 6.92 Å². The summed E-state index contributed by atoms with van der Waals surface area (Å²) in [7, 11) is 0. The molecule has 2 N–H and O–H groups in total. The molecule has 0 radical (unpaired) electrons. The molecule has 0 aromatic carbocycles. The lowest BCUT2D eigenvalue weighted by Gasteiger charge is -1.99. The summed E-state index contributed by atoms with van der Waals surface area (Å²) < 4.78 is 10.5. The van der Waals surface area contributed by atoms with Crippen LogP contribution >= 0.6 is 11.3 Å². The standard InChI is InChI=1S/C12H10N4O4S/c1-2-19-7-4-8(6-3-9(17)14-5-13-6)21-10(7)11-15-16-12(18)20-11/h3-5H,2H2,1H3,(H,16,18)(H,13,14,17). The van der Waals surface area contributed by atoms with Gasteiger partial charge in [-0.05, 0) is 6.92 Å². The molecule has 0 aliphatic carbocycles. The number of nitrogens with one attached hydrogen (secondary N) is 2. The first kappa shape index (κ1) is 13.3. The second-order valence-electron chi connectivity index (χ2n) is 3.95. The molecule has 21 heavy (non-hydrogen) atoms. The van der Waals surface area contributed by atoms with Crippen LogP contribution in [0.5, 0.6) is 5.75 Å². The van der Waals surface area contributed by atoms with E-state index in [-0.39, 0.29) is 11.4 Å². The van der Waals surface area contributed by atoms with Gasteiger partial charge >= 0.3 is 5.76 Å². The van der Waals surface area contributed by atoms with Gasteiger partial charge in [-0.15, -0.1) is 16.4 Å². The molecule has 3 heterocycles. The fourth-order valence-electron chi connectivity index (χ4n) is 1.74. The Hall–Kier alpha value is -2.68. The minimum Gasteiger partial charge on any atom is -0.492 e.